The van der Waals surface area contributed by atoms with Gasteiger partial charge in [0.25, 0.3) is 0 Å². The summed E-state index contributed by atoms with van der Waals surface area (Å²) in [4.78, 5) is 12.5. The van der Waals surface area contributed by atoms with Crippen LogP contribution in [0.15, 0.2) is 28.7 Å². The summed E-state index contributed by atoms with van der Waals surface area (Å²) >= 11 is 3.38. The lowest BCUT2D eigenvalue weighted by molar-refractivity contribution is 0.0926. The Bertz CT molecular complexity index is 629. The van der Waals surface area contributed by atoms with E-state index in [0.29, 0.717) is 5.56 Å². The second-order valence-electron chi connectivity index (χ2n) is 4.99. The van der Waals surface area contributed by atoms with Gasteiger partial charge in [0.1, 0.15) is 6.04 Å². The highest BCUT2D eigenvalue weighted by Gasteiger charge is 2.21. The van der Waals surface area contributed by atoms with Gasteiger partial charge in [0.15, 0.2) is 5.78 Å². The number of nitrogens with zero attached hydrogens (tertiary/aromatic N) is 2. The highest BCUT2D eigenvalue weighted by atomic mass is 79.9. The van der Waals surface area contributed by atoms with Gasteiger partial charge in [-0.05, 0) is 44.9 Å². The van der Waals surface area contributed by atoms with Crippen molar-refractivity contribution in [1.29, 1.82) is 0 Å². The lowest BCUT2D eigenvalue weighted by Crippen LogP contribution is -2.19. The van der Waals surface area contributed by atoms with Gasteiger partial charge < -0.3 is 0 Å². The number of benzene rings is 1. The van der Waals surface area contributed by atoms with Crippen molar-refractivity contribution >= 4 is 21.7 Å². The lowest BCUT2D eigenvalue weighted by Gasteiger charge is -2.13. The van der Waals surface area contributed by atoms with Crippen LogP contribution in [-0.2, 0) is 6.42 Å². The second-order valence-corrected chi connectivity index (χ2v) is 5.91. The molecule has 0 radical (unpaired) electrons. The van der Waals surface area contributed by atoms with Crippen LogP contribution in [0.3, 0.4) is 0 Å². The Kier molecular flexibility index (Phi) is 4.43. The number of carbonyl (C=O) groups is 1. The quantitative estimate of drug-likeness (QED) is 0.782. The molecule has 3 nitrogen and oxygen atoms in total. The van der Waals surface area contributed by atoms with E-state index >= 15 is 0 Å². The SMILES string of the molecule is CCc1c(C)nn(C(C)C(=O)c2ccc(Br)cc2)c1C. The van der Waals surface area contributed by atoms with Crippen molar-refractivity contribution in [1.82, 2.24) is 9.78 Å². The van der Waals surface area contributed by atoms with Crippen LogP contribution in [0.2, 0.25) is 0 Å². The molecule has 20 heavy (non-hydrogen) atoms. The molecule has 0 amide bonds. The van der Waals surface area contributed by atoms with E-state index in [0.717, 1.165) is 22.3 Å². The number of aromatic nitrogens is 2. The summed E-state index contributed by atoms with van der Waals surface area (Å²) in [6.45, 7) is 8.05. The van der Waals surface area contributed by atoms with Gasteiger partial charge in [-0.15, -0.1) is 0 Å². The molecule has 1 aromatic carbocycles. The fourth-order valence-electron chi connectivity index (χ4n) is 2.55. The minimum absolute atomic E-state index is 0.0887. The topological polar surface area (TPSA) is 34.9 Å². The largest absolute Gasteiger partial charge is 0.292 e. The van der Waals surface area contributed by atoms with Crippen LogP contribution in [0.5, 0.6) is 0 Å². The molecule has 4 heteroatoms. The Morgan fingerprint density at radius 3 is 2.40 bits per heavy atom. The van der Waals surface area contributed by atoms with Crippen molar-refractivity contribution in [3.05, 3.63) is 51.3 Å². The number of hydrogen-bond donors (Lipinski definition) is 0. The van der Waals surface area contributed by atoms with E-state index in [1.54, 1.807) is 0 Å². The van der Waals surface area contributed by atoms with Crippen LogP contribution in [0.4, 0.5) is 0 Å². The van der Waals surface area contributed by atoms with Crippen LogP contribution in [0.25, 0.3) is 0 Å². The Hall–Kier alpha value is -1.42. The maximum atomic E-state index is 12.5. The Morgan fingerprint density at radius 2 is 1.90 bits per heavy atom. The molecular formula is C16H19BrN2O. The van der Waals surface area contributed by atoms with E-state index < -0.39 is 0 Å². The number of Topliss-reactive ketones (excluding diaryl/α,β-unsaturated/α-hetero) is 1. The molecule has 1 aromatic heterocycles. The Morgan fingerprint density at radius 1 is 1.30 bits per heavy atom. The maximum Gasteiger partial charge on any atom is 0.187 e. The van der Waals surface area contributed by atoms with Gasteiger partial charge in [-0.2, -0.15) is 5.10 Å². The molecule has 0 aliphatic rings. The molecule has 0 aliphatic carbocycles. The number of carbonyl (C=O) groups excluding carboxylic acids is 1. The van der Waals surface area contributed by atoms with Crippen LogP contribution < -0.4 is 0 Å². The molecule has 1 heterocycles. The summed E-state index contributed by atoms with van der Waals surface area (Å²) in [5.41, 5.74) is 4.05. The normalized spacial score (nSPS) is 12.4. The monoisotopic (exact) mass is 334 g/mol. The van der Waals surface area contributed by atoms with E-state index in [1.807, 2.05) is 49.7 Å². The summed E-state index contributed by atoms with van der Waals surface area (Å²) in [5.74, 6) is 0.0887. The molecule has 0 N–H and O–H groups in total. The van der Waals surface area contributed by atoms with Gasteiger partial charge in [-0.1, -0.05) is 35.0 Å². The van der Waals surface area contributed by atoms with Gasteiger partial charge in [-0.3, -0.25) is 9.48 Å². The second kappa shape index (κ2) is 5.92. The van der Waals surface area contributed by atoms with Crippen molar-refractivity contribution in [3.63, 3.8) is 0 Å². The van der Waals surface area contributed by atoms with Crippen LogP contribution >= 0.6 is 15.9 Å². The minimum Gasteiger partial charge on any atom is -0.292 e. The van der Waals surface area contributed by atoms with Crippen LogP contribution in [0.1, 0.15) is 47.2 Å². The van der Waals surface area contributed by atoms with Crippen LogP contribution in [-0.4, -0.2) is 15.6 Å². The standard InChI is InChI=1S/C16H19BrN2O/c1-5-15-10(2)18-19(11(15)3)12(4)16(20)13-6-8-14(17)9-7-13/h6-9,12H,5H2,1-4H3. The zero-order chi connectivity index (χ0) is 14.9. The molecule has 1 atom stereocenters. The highest BCUT2D eigenvalue weighted by Crippen LogP contribution is 2.21. The summed E-state index contributed by atoms with van der Waals surface area (Å²) in [7, 11) is 0. The molecular weight excluding hydrogens is 316 g/mol. The third-order valence-electron chi connectivity index (χ3n) is 3.70. The maximum absolute atomic E-state index is 12.5. The smallest absolute Gasteiger partial charge is 0.187 e. The molecule has 1 unspecified atom stereocenters. The predicted octanol–water partition coefficient (Wildman–Crippen LogP) is 4.27. The van der Waals surface area contributed by atoms with Gasteiger partial charge in [0, 0.05) is 15.7 Å². The molecule has 0 aliphatic heterocycles. The first kappa shape index (κ1) is 15.0. The fraction of sp³-hybridized carbons (Fsp3) is 0.375. The minimum atomic E-state index is -0.282. The summed E-state index contributed by atoms with van der Waals surface area (Å²) in [6.07, 6.45) is 0.941. The van der Waals surface area contributed by atoms with Crippen molar-refractivity contribution in [2.75, 3.05) is 0 Å². The molecule has 0 fully saturated rings. The number of hydrogen-bond acceptors (Lipinski definition) is 2. The first-order chi connectivity index (χ1) is 9.45. The number of rotatable bonds is 4. The fourth-order valence-corrected chi connectivity index (χ4v) is 2.82. The average molecular weight is 335 g/mol. The van der Waals surface area contributed by atoms with Gasteiger partial charge in [0.2, 0.25) is 0 Å². The predicted molar refractivity (Wildman–Crippen MR) is 84.3 cm³/mol. The van der Waals surface area contributed by atoms with E-state index in [1.165, 1.54) is 5.56 Å². The van der Waals surface area contributed by atoms with E-state index in [2.05, 4.69) is 28.0 Å². The van der Waals surface area contributed by atoms with E-state index in [-0.39, 0.29) is 11.8 Å². The number of aryl methyl sites for hydroxylation is 1. The van der Waals surface area contributed by atoms with Crippen molar-refractivity contribution in [2.24, 2.45) is 0 Å². The van der Waals surface area contributed by atoms with Gasteiger partial charge in [-0.25, -0.2) is 0 Å². The lowest BCUT2D eigenvalue weighted by atomic mass is 10.1. The van der Waals surface area contributed by atoms with Gasteiger partial charge in [0.05, 0.1) is 5.69 Å². The third kappa shape index (κ3) is 2.70. The van der Waals surface area contributed by atoms with Crippen molar-refractivity contribution in [2.45, 2.75) is 40.2 Å². The summed E-state index contributed by atoms with van der Waals surface area (Å²) in [6, 6.07) is 7.18. The first-order valence-electron chi connectivity index (χ1n) is 6.80. The molecule has 2 rings (SSSR count). The average Bonchev–Trinajstić information content (AvgIpc) is 2.72. The van der Waals surface area contributed by atoms with E-state index in [4.69, 9.17) is 0 Å². The Labute approximate surface area is 128 Å². The van der Waals surface area contributed by atoms with E-state index in [9.17, 15) is 4.79 Å². The molecule has 0 bridgehead atoms. The summed E-state index contributed by atoms with van der Waals surface area (Å²) < 4.78 is 2.82. The van der Waals surface area contributed by atoms with Crippen LogP contribution in [0, 0.1) is 13.8 Å². The molecule has 0 saturated heterocycles. The van der Waals surface area contributed by atoms with Gasteiger partial charge >= 0.3 is 0 Å². The first-order valence-corrected chi connectivity index (χ1v) is 7.59. The number of halogens is 1. The summed E-state index contributed by atoms with van der Waals surface area (Å²) in [5, 5.41) is 4.53. The zero-order valence-corrected chi connectivity index (χ0v) is 13.9. The molecule has 0 spiro atoms. The molecule has 106 valence electrons. The highest BCUT2D eigenvalue weighted by molar-refractivity contribution is 9.10. The molecule has 0 saturated carbocycles. The Balaban J connectivity index is 2.33. The zero-order valence-electron chi connectivity index (χ0n) is 12.3. The third-order valence-corrected chi connectivity index (χ3v) is 4.23. The number of ketones is 1. The van der Waals surface area contributed by atoms with Crippen molar-refractivity contribution < 1.29 is 4.79 Å². The molecule has 2 aromatic rings. The van der Waals surface area contributed by atoms with Crippen molar-refractivity contribution in [3.8, 4) is 0 Å².